The number of carbonyl (C=O) groups excluding carboxylic acids is 2. The highest BCUT2D eigenvalue weighted by molar-refractivity contribution is 8.77. The number of hydrogen-bond donors (Lipinski definition) is 1. The van der Waals surface area contributed by atoms with Crippen LogP contribution in [0.5, 0.6) is 0 Å². The fourth-order valence-electron chi connectivity index (χ4n) is 2.34. The van der Waals surface area contributed by atoms with Gasteiger partial charge in [0.15, 0.2) is 6.10 Å². The Kier molecular flexibility index (Phi) is 8.02. The van der Waals surface area contributed by atoms with E-state index in [0.717, 1.165) is 31.0 Å². The molecule has 8 heteroatoms. The summed E-state index contributed by atoms with van der Waals surface area (Å²) in [6.07, 6.45) is 3.14. The lowest BCUT2D eigenvalue weighted by Crippen LogP contribution is -2.30. The van der Waals surface area contributed by atoms with Crippen molar-refractivity contribution >= 4 is 39.2 Å². The normalized spacial score (nSPS) is 18.0. The maximum Gasteiger partial charge on any atom is 0.306 e. The topological polar surface area (TPSA) is 55.4 Å². The van der Waals surface area contributed by atoms with Crippen molar-refractivity contribution in [2.45, 2.75) is 50.4 Å². The second kappa shape index (κ2) is 10.0. The first kappa shape index (κ1) is 20.0. The van der Waals surface area contributed by atoms with Gasteiger partial charge in [-0.15, -0.1) is 0 Å². The number of esters is 1. The third-order valence-corrected chi connectivity index (χ3v) is 6.75. The average molecular weight is 389 g/mol. The van der Waals surface area contributed by atoms with Gasteiger partial charge >= 0.3 is 5.97 Å². The van der Waals surface area contributed by atoms with Gasteiger partial charge in [0.05, 0.1) is 5.69 Å². The zero-order valence-electron chi connectivity index (χ0n) is 13.9. The minimum absolute atomic E-state index is 0.247. The molecule has 2 atom stereocenters. The lowest BCUT2D eigenvalue weighted by atomic mass is 10.1. The Hall–Kier alpha value is -1.28. The number of amides is 1. The summed E-state index contributed by atoms with van der Waals surface area (Å²) >= 11 is 0. The first-order valence-electron chi connectivity index (χ1n) is 8.19. The van der Waals surface area contributed by atoms with Crippen LogP contribution in [0.2, 0.25) is 0 Å². The molecule has 1 aliphatic heterocycles. The van der Waals surface area contributed by atoms with Crippen LogP contribution in [-0.4, -0.2) is 29.0 Å². The van der Waals surface area contributed by atoms with Gasteiger partial charge < -0.3 is 10.1 Å². The zero-order chi connectivity index (χ0) is 18.2. The first-order valence-corrected chi connectivity index (χ1v) is 10.6. The standard InChI is InChI=1S/C17H21F2NO3S2/c1-11(17(22)20-15-10-12(18)6-7-14(15)19)23-16(21)5-3-2-4-13-8-9-24-25-13/h6-7,10-11,13H,2-5,8-9H2,1H3,(H,20,22)/t11-,13+/m0/s1. The second-order valence-electron chi connectivity index (χ2n) is 5.82. The number of ether oxygens (including phenoxy) is 1. The van der Waals surface area contributed by atoms with E-state index in [9.17, 15) is 18.4 Å². The van der Waals surface area contributed by atoms with Gasteiger partial charge in [0, 0.05) is 23.5 Å². The maximum atomic E-state index is 13.5. The van der Waals surface area contributed by atoms with Gasteiger partial charge in [-0.05, 0) is 38.3 Å². The van der Waals surface area contributed by atoms with Crippen LogP contribution in [0.15, 0.2) is 18.2 Å². The number of hydrogen-bond acceptors (Lipinski definition) is 5. The molecule has 1 saturated heterocycles. The molecule has 0 bridgehead atoms. The Morgan fingerprint density at radius 1 is 1.36 bits per heavy atom. The van der Waals surface area contributed by atoms with Crippen LogP contribution >= 0.6 is 21.6 Å². The summed E-state index contributed by atoms with van der Waals surface area (Å²) < 4.78 is 31.6. The number of anilines is 1. The summed E-state index contributed by atoms with van der Waals surface area (Å²) in [4.78, 5) is 23.7. The quantitative estimate of drug-likeness (QED) is 0.402. The van der Waals surface area contributed by atoms with Gasteiger partial charge in [-0.2, -0.15) is 0 Å². The molecule has 0 radical (unpaired) electrons. The van der Waals surface area contributed by atoms with E-state index in [4.69, 9.17) is 4.74 Å². The number of nitrogens with one attached hydrogen (secondary N) is 1. The van der Waals surface area contributed by atoms with Crippen molar-refractivity contribution in [1.29, 1.82) is 0 Å². The molecule has 0 aromatic heterocycles. The predicted molar refractivity (Wildman–Crippen MR) is 97.5 cm³/mol. The van der Waals surface area contributed by atoms with Crippen molar-refractivity contribution in [2.24, 2.45) is 0 Å². The number of benzene rings is 1. The van der Waals surface area contributed by atoms with Crippen molar-refractivity contribution in [3.63, 3.8) is 0 Å². The molecule has 0 aliphatic carbocycles. The van der Waals surface area contributed by atoms with Crippen LogP contribution in [0.25, 0.3) is 0 Å². The summed E-state index contributed by atoms with van der Waals surface area (Å²) in [5, 5.41) is 2.90. The van der Waals surface area contributed by atoms with Crippen molar-refractivity contribution in [3.05, 3.63) is 29.8 Å². The Bertz CT molecular complexity index is 610. The van der Waals surface area contributed by atoms with E-state index in [2.05, 4.69) is 5.32 Å². The maximum absolute atomic E-state index is 13.5. The summed E-state index contributed by atoms with van der Waals surface area (Å²) in [5.41, 5.74) is -0.278. The molecule has 1 amide bonds. The third-order valence-electron chi connectivity index (χ3n) is 3.75. The molecule has 1 aliphatic rings. The summed E-state index contributed by atoms with van der Waals surface area (Å²) in [7, 11) is 3.80. The molecule has 0 unspecified atom stereocenters. The summed E-state index contributed by atoms with van der Waals surface area (Å²) in [6, 6.07) is 2.75. The lowest BCUT2D eigenvalue weighted by molar-refractivity contribution is -0.153. The molecule has 4 nitrogen and oxygen atoms in total. The lowest BCUT2D eigenvalue weighted by Gasteiger charge is -2.14. The summed E-state index contributed by atoms with van der Waals surface area (Å²) in [5.74, 6) is -1.39. The van der Waals surface area contributed by atoms with Crippen LogP contribution in [-0.2, 0) is 14.3 Å². The third kappa shape index (κ3) is 6.86. The van der Waals surface area contributed by atoms with E-state index >= 15 is 0 Å². The summed E-state index contributed by atoms with van der Waals surface area (Å²) in [6.45, 7) is 1.40. The van der Waals surface area contributed by atoms with Crippen molar-refractivity contribution in [3.8, 4) is 0 Å². The van der Waals surface area contributed by atoms with Crippen molar-refractivity contribution in [2.75, 3.05) is 11.1 Å². The minimum atomic E-state index is -1.07. The molecule has 138 valence electrons. The monoisotopic (exact) mass is 389 g/mol. The Labute approximate surface area is 153 Å². The SMILES string of the molecule is C[C@H](OC(=O)CCCC[C@@H]1CCSS1)C(=O)Nc1cc(F)ccc1F. The van der Waals surface area contributed by atoms with Gasteiger partial charge in [0.1, 0.15) is 11.6 Å². The first-order chi connectivity index (χ1) is 12.0. The molecule has 0 spiro atoms. The molecular formula is C17H21F2NO3S2. The van der Waals surface area contributed by atoms with E-state index in [-0.39, 0.29) is 12.1 Å². The van der Waals surface area contributed by atoms with Crippen molar-refractivity contribution in [1.82, 2.24) is 0 Å². The van der Waals surface area contributed by atoms with E-state index in [1.807, 2.05) is 21.6 Å². The van der Waals surface area contributed by atoms with E-state index < -0.39 is 29.6 Å². The van der Waals surface area contributed by atoms with E-state index in [1.165, 1.54) is 19.1 Å². The van der Waals surface area contributed by atoms with Gasteiger partial charge in [-0.1, -0.05) is 28.0 Å². The molecule has 1 N–H and O–H groups in total. The molecule has 1 aromatic carbocycles. The van der Waals surface area contributed by atoms with Crippen LogP contribution in [0.4, 0.5) is 14.5 Å². The zero-order valence-corrected chi connectivity index (χ0v) is 15.6. The number of rotatable bonds is 8. The molecular weight excluding hydrogens is 368 g/mol. The predicted octanol–water partition coefficient (Wildman–Crippen LogP) is 4.55. The highest BCUT2D eigenvalue weighted by Crippen LogP contribution is 2.39. The molecule has 1 aromatic rings. The van der Waals surface area contributed by atoms with Crippen LogP contribution in [0, 0.1) is 11.6 Å². The van der Waals surface area contributed by atoms with Crippen LogP contribution in [0.3, 0.4) is 0 Å². The molecule has 0 saturated carbocycles. The smallest absolute Gasteiger partial charge is 0.306 e. The number of unbranched alkanes of at least 4 members (excludes halogenated alkanes) is 1. The second-order valence-corrected chi connectivity index (χ2v) is 8.61. The highest BCUT2D eigenvalue weighted by Gasteiger charge is 2.20. The average Bonchev–Trinajstić information content (AvgIpc) is 3.08. The van der Waals surface area contributed by atoms with Gasteiger partial charge in [0.25, 0.3) is 5.91 Å². The van der Waals surface area contributed by atoms with Gasteiger partial charge in [-0.25, -0.2) is 8.78 Å². The molecule has 2 rings (SSSR count). The highest BCUT2D eigenvalue weighted by atomic mass is 33.1. The Balaban J connectivity index is 1.68. The number of carbonyl (C=O) groups is 2. The number of halogens is 2. The largest absolute Gasteiger partial charge is 0.453 e. The van der Waals surface area contributed by atoms with Gasteiger partial charge in [0.2, 0.25) is 0 Å². The molecule has 1 fully saturated rings. The molecule has 25 heavy (non-hydrogen) atoms. The van der Waals surface area contributed by atoms with E-state index in [0.29, 0.717) is 11.7 Å². The van der Waals surface area contributed by atoms with Gasteiger partial charge in [-0.3, -0.25) is 9.59 Å². The van der Waals surface area contributed by atoms with E-state index in [1.54, 1.807) is 0 Å². The Morgan fingerprint density at radius 2 is 2.16 bits per heavy atom. The molecule has 1 heterocycles. The minimum Gasteiger partial charge on any atom is -0.453 e. The fraction of sp³-hybridized carbons (Fsp3) is 0.529. The fourth-order valence-corrected chi connectivity index (χ4v) is 5.37. The van der Waals surface area contributed by atoms with Crippen molar-refractivity contribution < 1.29 is 23.1 Å². The van der Waals surface area contributed by atoms with Crippen LogP contribution < -0.4 is 5.32 Å². The Morgan fingerprint density at radius 3 is 2.88 bits per heavy atom. The van der Waals surface area contributed by atoms with Crippen LogP contribution in [0.1, 0.15) is 39.0 Å².